The van der Waals surface area contributed by atoms with Crippen LogP contribution in [-0.2, 0) is 15.1 Å². The third kappa shape index (κ3) is 3.19. The van der Waals surface area contributed by atoms with Crippen LogP contribution in [0.5, 0.6) is 0 Å². The molecule has 2 aromatic rings. The van der Waals surface area contributed by atoms with E-state index in [-0.39, 0.29) is 17.6 Å². The van der Waals surface area contributed by atoms with Crippen molar-refractivity contribution in [3.05, 3.63) is 65.9 Å². The predicted molar refractivity (Wildman–Crippen MR) is 115 cm³/mol. The second-order valence-corrected chi connectivity index (χ2v) is 7.78. The molecule has 1 amide bonds. The van der Waals surface area contributed by atoms with Gasteiger partial charge < -0.3 is 10.6 Å². The molecule has 0 radical (unpaired) electrons. The van der Waals surface area contributed by atoms with Crippen LogP contribution in [0.3, 0.4) is 0 Å². The molecule has 0 bridgehead atoms. The minimum atomic E-state index is -1.34. The number of hydrogen-bond acceptors (Lipinski definition) is 6. The highest BCUT2D eigenvalue weighted by atomic mass is 19.1. The number of amides is 1. The Bertz CT molecular complexity index is 1130. The first kappa shape index (κ1) is 20.7. The maximum atomic E-state index is 14.3. The average Bonchev–Trinajstić information content (AvgIpc) is 3.30. The fraction of sp³-hybridized carbons (Fsp3) is 0.304. The van der Waals surface area contributed by atoms with Crippen LogP contribution in [0.2, 0.25) is 0 Å². The smallest absolute Gasteiger partial charge is 0.262 e. The molecule has 3 heterocycles. The zero-order valence-corrected chi connectivity index (χ0v) is 17.7. The zero-order chi connectivity index (χ0) is 22.3. The standard InChI is InChI=1S/C23H24FN5O2/c1-4-29-13-17(12-19(29)14(2)30)23(21(31)28(3)22(25)27-23)16-8-5-7-15(11-16)18-9-6-10-26-20(18)24/h5-12,17H,4,13H2,1-3H3,(H2,25,27)/t17?,23-/m0/s1. The number of hydrogen-bond donors (Lipinski definition) is 1. The van der Waals surface area contributed by atoms with Crippen LogP contribution in [-0.4, -0.2) is 52.6 Å². The minimum Gasteiger partial charge on any atom is -0.369 e. The van der Waals surface area contributed by atoms with Crippen molar-refractivity contribution in [2.45, 2.75) is 19.4 Å². The highest BCUT2D eigenvalue weighted by molar-refractivity contribution is 6.07. The third-order valence-electron chi connectivity index (χ3n) is 6.03. The first-order valence-corrected chi connectivity index (χ1v) is 10.1. The van der Waals surface area contributed by atoms with Gasteiger partial charge in [-0.1, -0.05) is 18.2 Å². The van der Waals surface area contributed by atoms with Crippen LogP contribution >= 0.6 is 0 Å². The molecule has 0 spiro atoms. The van der Waals surface area contributed by atoms with Crippen molar-refractivity contribution in [2.24, 2.45) is 16.6 Å². The van der Waals surface area contributed by atoms with E-state index in [1.807, 2.05) is 17.9 Å². The monoisotopic (exact) mass is 421 g/mol. The Labute approximate surface area is 180 Å². The van der Waals surface area contributed by atoms with E-state index in [0.717, 1.165) is 0 Å². The van der Waals surface area contributed by atoms with Crippen molar-refractivity contribution in [2.75, 3.05) is 20.1 Å². The van der Waals surface area contributed by atoms with Gasteiger partial charge >= 0.3 is 0 Å². The van der Waals surface area contributed by atoms with Gasteiger partial charge in [-0.2, -0.15) is 4.39 Å². The second kappa shape index (κ2) is 7.61. The number of aliphatic imine (C=N–C) groups is 1. The number of Topliss-reactive ketones (excluding diaryl/α,β-unsaturated/α-hetero) is 1. The first-order valence-electron chi connectivity index (χ1n) is 10.1. The summed E-state index contributed by atoms with van der Waals surface area (Å²) in [5.74, 6) is -1.24. The third-order valence-corrected chi connectivity index (χ3v) is 6.03. The van der Waals surface area contributed by atoms with Crippen LogP contribution in [0.1, 0.15) is 19.4 Å². The number of aromatic nitrogens is 1. The second-order valence-electron chi connectivity index (χ2n) is 7.78. The van der Waals surface area contributed by atoms with Gasteiger partial charge in [-0.15, -0.1) is 0 Å². The average molecular weight is 421 g/mol. The van der Waals surface area contributed by atoms with Gasteiger partial charge in [0.15, 0.2) is 17.3 Å². The van der Waals surface area contributed by atoms with Gasteiger partial charge in [0.05, 0.1) is 5.70 Å². The predicted octanol–water partition coefficient (Wildman–Crippen LogP) is 2.29. The molecule has 0 saturated heterocycles. The minimum absolute atomic E-state index is 0.0681. The van der Waals surface area contributed by atoms with E-state index in [0.29, 0.717) is 35.5 Å². The van der Waals surface area contributed by atoms with Crippen molar-refractivity contribution in [1.82, 2.24) is 14.8 Å². The fourth-order valence-electron chi connectivity index (χ4n) is 4.41. The van der Waals surface area contributed by atoms with E-state index in [4.69, 9.17) is 5.73 Å². The number of nitrogens with two attached hydrogens (primary N) is 1. The van der Waals surface area contributed by atoms with Crippen LogP contribution in [0.15, 0.2) is 59.4 Å². The van der Waals surface area contributed by atoms with Crippen molar-refractivity contribution in [3.8, 4) is 11.1 Å². The molecule has 2 atom stereocenters. The summed E-state index contributed by atoms with van der Waals surface area (Å²) in [6.45, 7) is 4.54. The molecule has 0 saturated carbocycles. The summed E-state index contributed by atoms with van der Waals surface area (Å²) in [5.41, 5.74) is 6.80. The molecule has 2 aliphatic heterocycles. The van der Waals surface area contributed by atoms with Crippen molar-refractivity contribution >= 4 is 17.6 Å². The van der Waals surface area contributed by atoms with Gasteiger partial charge in [0, 0.05) is 44.7 Å². The lowest BCUT2D eigenvalue weighted by Gasteiger charge is -2.31. The Morgan fingerprint density at radius 1 is 1.32 bits per heavy atom. The number of likely N-dealkylation sites (N-methyl/N-ethyl adjacent to an activating group) is 2. The normalized spacial score (nSPS) is 23.2. The Morgan fingerprint density at radius 2 is 2.10 bits per heavy atom. The van der Waals surface area contributed by atoms with Crippen molar-refractivity contribution in [3.63, 3.8) is 0 Å². The lowest BCUT2D eigenvalue weighted by molar-refractivity contribution is -0.132. The molecule has 31 heavy (non-hydrogen) atoms. The number of nitrogens with zero attached hydrogens (tertiary/aromatic N) is 4. The largest absolute Gasteiger partial charge is 0.369 e. The summed E-state index contributed by atoms with van der Waals surface area (Å²) < 4.78 is 14.3. The van der Waals surface area contributed by atoms with Gasteiger partial charge in [0.1, 0.15) is 0 Å². The number of pyridine rings is 1. The molecule has 2 N–H and O–H groups in total. The first-order chi connectivity index (χ1) is 14.8. The molecule has 1 aromatic carbocycles. The van der Waals surface area contributed by atoms with E-state index in [1.54, 1.807) is 43.4 Å². The summed E-state index contributed by atoms with van der Waals surface area (Å²) >= 11 is 0. The van der Waals surface area contributed by atoms with E-state index in [2.05, 4.69) is 9.98 Å². The van der Waals surface area contributed by atoms with E-state index in [9.17, 15) is 14.0 Å². The number of benzene rings is 1. The molecule has 0 aliphatic carbocycles. The quantitative estimate of drug-likeness (QED) is 0.748. The maximum Gasteiger partial charge on any atom is 0.262 e. The Morgan fingerprint density at radius 3 is 2.68 bits per heavy atom. The Balaban J connectivity index is 1.89. The lowest BCUT2D eigenvalue weighted by Crippen LogP contribution is -2.45. The molecule has 1 aromatic heterocycles. The van der Waals surface area contributed by atoms with Crippen LogP contribution in [0, 0.1) is 11.9 Å². The number of guanidine groups is 1. The summed E-state index contributed by atoms with van der Waals surface area (Å²) in [7, 11) is 1.58. The summed E-state index contributed by atoms with van der Waals surface area (Å²) in [6, 6.07) is 10.4. The molecular formula is C23H24FN5O2. The molecule has 7 nitrogen and oxygen atoms in total. The number of halogens is 1. The highest BCUT2D eigenvalue weighted by Gasteiger charge is 2.54. The number of carbonyl (C=O) groups is 2. The number of carbonyl (C=O) groups excluding carboxylic acids is 2. The summed E-state index contributed by atoms with van der Waals surface area (Å²) in [4.78, 5) is 37.3. The van der Waals surface area contributed by atoms with Crippen LogP contribution in [0.25, 0.3) is 11.1 Å². The van der Waals surface area contributed by atoms with E-state index in [1.165, 1.54) is 18.0 Å². The fourth-order valence-corrected chi connectivity index (χ4v) is 4.41. The van der Waals surface area contributed by atoms with Gasteiger partial charge in [0.25, 0.3) is 5.91 Å². The molecule has 2 aliphatic rings. The van der Waals surface area contributed by atoms with Gasteiger partial charge in [-0.3, -0.25) is 14.5 Å². The summed E-state index contributed by atoms with van der Waals surface area (Å²) in [6.07, 6.45) is 3.20. The van der Waals surface area contributed by atoms with Gasteiger partial charge in [-0.05, 0) is 42.3 Å². The molecule has 160 valence electrons. The molecule has 0 fully saturated rings. The van der Waals surface area contributed by atoms with Crippen molar-refractivity contribution in [1.29, 1.82) is 0 Å². The molecule has 4 rings (SSSR count). The SMILES string of the molecule is CCN1CC([C@]2(c3cccc(-c4cccnc4F)c3)N=C(N)N(C)C2=O)C=C1C(C)=O. The Kier molecular flexibility index (Phi) is 5.08. The van der Waals surface area contributed by atoms with E-state index >= 15 is 0 Å². The number of allylic oxidation sites excluding steroid dienone is 1. The van der Waals surface area contributed by atoms with Crippen LogP contribution in [0.4, 0.5) is 4.39 Å². The lowest BCUT2D eigenvalue weighted by atomic mass is 9.77. The summed E-state index contributed by atoms with van der Waals surface area (Å²) in [5, 5.41) is 0. The van der Waals surface area contributed by atoms with Crippen LogP contribution < -0.4 is 5.73 Å². The molecular weight excluding hydrogens is 397 g/mol. The maximum absolute atomic E-state index is 14.3. The Hall–Kier alpha value is -3.55. The topological polar surface area (TPSA) is 91.9 Å². The number of rotatable bonds is 5. The van der Waals surface area contributed by atoms with E-state index < -0.39 is 17.4 Å². The van der Waals surface area contributed by atoms with Gasteiger partial charge in [0.2, 0.25) is 5.95 Å². The number of ketones is 1. The van der Waals surface area contributed by atoms with Gasteiger partial charge in [-0.25, -0.2) is 9.98 Å². The molecule has 8 heteroatoms. The van der Waals surface area contributed by atoms with Crippen molar-refractivity contribution < 1.29 is 14.0 Å². The molecule has 1 unspecified atom stereocenters. The highest BCUT2D eigenvalue weighted by Crippen LogP contribution is 2.44. The zero-order valence-electron chi connectivity index (χ0n) is 17.7.